The van der Waals surface area contributed by atoms with Gasteiger partial charge >= 0.3 is 0 Å². The van der Waals surface area contributed by atoms with Crippen LogP contribution in [0.1, 0.15) is 43.6 Å². The molecule has 1 atom stereocenters. The topological polar surface area (TPSA) is 75.4 Å². The van der Waals surface area contributed by atoms with E-state index in [0.717, 1.165) is 18.4 Å². The van der Waals surface area contributed by atoms with E-state index in [0.29, 0.717) is 31.0 Å². The Morgan fingerprint density at radius 1 is 1.33 bits per heavy atom. The first kappa shape index (κ1) is 16.2. The molecule has 0 spiro atoms. The number of benzene rings is 1. The number of amides is 2. The van der Waals surface area contributed by atoms with E-state index in [9.17, 15) is 9.59 Å². The van der Waals surface area contributed by atoms with Gasteiger partial charge in [0.25, 0.3) is 5.91 Å². The van der Waals surface area contributed by atoms with E-state index in [1.165, 1.54) is 0 Å². The maximum atomic E-state index is 12.9. The van der Waals surface area contributed by atoms with Crippen molar-refractivity contribution in [1.82, 2.24) is 10.1 Å². The van der Waals surface area contributed by atoms with Crippen LogP contribution in [0.15, 0.2) is 40.9 Å². The first-order valence-electron chi connectivity index (χ1n) is 8.30. The minimum atomic E-state index is -0.652. The molecular formula is C18H21N3O3. The highest BCUT2D eigenvalue weighted by Gasteiger charge is 2.33. The molecule has 1 unspecified atom stereocenters. The average Bonchev–Trinajstić information content (AvgIpc) is 3.05. The zero-order valence-electron chi connectivity index (χ0n) is 13.7. The Hall–Kier alpha value is -2.63. The highest BCUT2D eigenvalue weighted by molar-refractivity contribution is 5.97. The largest absolute Gasteiger partial charge is 0.359 e. The van der Waals surface area contributed by atoms with Crippen molar-refractivity contribution in [2.45, 2.75) is 38.6 Å². The Bertz CT molecular complexity index is 711. The lowest BCUT2D eigenvalue weighted by Crippen LogP contribution is -2.43. The third-order valence-electron chi connectivity index (χ3n) is 4.19. The predicted molar refractivity (Wildman–Crippen MR) is 89.3 cm³/mol. The number of rotatable bonds is 5. The maximum Gasteiger partial charge on any atom is 0.253 e. The SMILES string of the molecule is CCc1cc(NC(=O)C(c2ccccc2)N2CCCCC2=O)no1. The molecule has 126 valence electrons. The van der Waals surface area contributed by atoms with E-state index >= 15 is 0 Å². The molecule has 2 heterocycles. The molecule has 0 radical (unpaired) electrons. The molecule has 6 heteroatoms. The van der Waals surface area contributed by atoms with Gasteiger partial charge < -0.3 is 14.7 Å². The summed E-state index contributed by atoms with van der Waals surface area (Å²) in [5, 5.41) is 6.63. The van der Waals surface area contributed by atoms with Crippen LogP contribution in [-0.2, 0) is 16.0 Å². The maximum absolute atomic E-state index is 12.9. The summed E-state index contributed by atoms with van der Waals surface area (Å²) in [6.07, 6.45) is 2.98. The van der Waals surface area contributed by atoms with Crippen LogP contribution in [0.2, 0.25) is 0 Å². The van der Waals surface area contributed by atoms with Gasteiger partial charge in [0, 0.05) is 25.5 Å². The molecule has 6 nitrogen and oxygen atoms in total. The molecule has 2 aromatic rings. The van der Waals surface area contributed by atoms with Crippen molar-refractivity contribution < 1.29 is 14.1 Å². The van der Waals surface area contributed by atoms with Crippen LogP contribution in [0.25, 0.3) is 0 Å². The summed E-state index contributed by atoms with van der Waals surface area (Å²) in [5.41, 5.74) is 0.796. The molecule has 1 fully saturated rings. The average molecular weight is 327 g/mol. The quantitative estimate of drug-likeness (QED) is 0.916. The Kier molecular flexibility index (Phi) is 4.93. The number of piperidine rings is 1. The lowest BCUT2D eigenvalue weighted by molar-refractivity contribution is -0.141. The van der Waals surface area contributed by atoms with Crippen molar-refractivity contribution in [1.29, 1.82) is 0 Å². The second kappa shape index (κ2) is 7.29. The summed E-state index contributed by atoms with van der Waals surface area (Å²) >= 11 is 0. The number of carbonyl (C=O) groups is 2. The Morgan fingerprint density at radius 2 is 2.12 bits per heavy atom. The zero-order valence-corrected chi connectivity index (χ0v) is 13.7. The first-order valence-corrected chi connectivity index (χ1v) is 8.30. The molecule has 24 heavy (non-hydrogen) atoms. The molecule has 1 saturated heterocycles. The fourth-order valence-electron chi connectivity index (χ4n) is 2.94. The number of aromatic nitrogens is 1. The van der Waals surface area contributed by atoms with E-state index < -0.39 is 6.04 Å². The van der Waals surface area contributed by atoms with Gasteiger partial charge in [-0.3, -0.25) is 9.59 Å². The number of anilines is 1. The second-order valence-corrected chi connectivity index (χ2v) is 5.88. The summed E-state index contributed by atoms with van der Waals surface area (Å²) in [6, 6.07) is 10.4. The number of carbonyl (C=O) groups excluding carboxylic acids is 2. The van der Waals surface area contributed by atoms with Crippen LogP contribution in [-0.4, -0.2) is 28.4 Å². The molecule has 0 saturated carbocycles. The van der Waals surface area contributed by atoms with E-state index in [1.807, 2.05) is 37.3 Å². The van der Waals surface area contributed by atoms with E-state index in [1.54, 1.807) is 11.0 Å². The lowest BCUT2D eigenvalue weighted by atomic mass is 10.0. The van der Waals surface area contributed by atoms with Crippen molar-refractivity contribution in [2.75, 3.05) is 11.9 Å². The first-order chi connectivity index (χ1) is 11.7. The van der Waals surface area contributed by atoms with Gasteiger partial charge in [0.2, 0.25) is 5.91 Å². The monoisotopic (exact) mass is 327 g/mol. The number of nitrogens with one attached hydrogen (secondary N) is 1. The fraction of sp³-hybridized carbons (Fsp3) is 0.389. The Labute approximate surface area is 140 Å². The minimum Gasteiger partial charge on any atom is -0.359 e. The van der Waals surface area contributed by atoms with Crippen LogP contribution in [0.3, 0.4) is 0 Å². The van der Waals surface area contributed by atoms with Crippen LogP contribution < -0.4 is 5.32 Å². The normalized spacial score (nSPS) is 16.0. The van der Waals surface area contributed by atoms with Crippen LogP contribution >= 0.6 is 0 Å². The number of likely N-dealkylation sites (tertiary alicyclic amines) is 1. The Balaban J connectivity index is 1.86. The molecule has 1 aliphatic heterocycles. The van der Waals surface area contributed by atoms with Gasteiger partial charge in [-0.1, -0.05) is 42.4 Å². The number of nitrogens with zero attached hydrogens (tertiary/aromatic N) is 2. The highest BCUT2D eigenvalue weighted by Crippen LogP contribution is 2.27. The molecule has 0 aliphatic carbocycles. The number of hydrogen-bond donors (Lipinski definition) is 1. The van der Waals surface area contributed by atoms with Crippen molar-refractivity contribution >= 4 is 17.6 Å². The molecule has 2 amide bonds. The number of hydrogen-bond acceptors (Lipinski definition) is 4. The van der Waals surface area contributed by atoms with Crippen molar-refractivity contribution in [3.05, 3.63) is 47.7 Å². The molecule has 1 aromatic heterocycles. The van der Waals surface area contributed by atoms with Gasteiger partial charge in [-0.05, 0) is 18.4 Å². The van der Waals surface area contributed by atoms with Crippen LogP contribution in [0.4, 0.5) is 5.82 Å². The zero-order chi connectivity index (χ0) is 16.9. The summed E-state index contributed by atoms with van der Waals surface area (Å²) in [6.45, 7) is 2.54. The minimum absolute atomic E-state index is 0.0136. The third-order valence-corrected chi connectivity index (χ3v) is 4.19. The second-order valence-electron chi connectivity index (χ2n) is 5.88. The van der Waals surface area contributed by atoms with Gasteiger partial charge in [-0.15, -0.1) is 0 Å². The molecule has 1 aromatic carbocycles. The lowest BCUT2D eigenvalue weighted by Gasteiger charge is -2.33. The van der Waals surface area contributed by atoms with Gasteiger partial charge in [0.15, 0.2) is 5.82 Å². The van der Waals surface area contributed by atoms with Crippen molar-refractivity contribution in [3.63, 3.8) is 0 Å². The number of aryl methyl sites for hydroxylation is 1. The molecule has 3 rings (SSSR count). The molecule has 1 aliphatic rings. The van der Waals surface area contributed by atoms with Gasteiger partial charge in [-0.25, -0.2) is 0 Å². The van der Waals surface area contributed by atoms with E-state index in [2.05, 4.69) is 10.5 Å². The standard InChI is InChI=1S/C18H21N3O3/c1-2-14-12-15(20-24-14)19-18(23)17(13-8-4-3-5-9-13)21-11-7-6-10-16(21)22/h3-5,8-9,12,17H,2,6-7,10-11H2,1H3,(H,19,20,23). The predicted octanol–water partition coefficient (Wildman–Crippen LogP) is 2.93. The summed E-state index contributed by atoms with van der Waals surface area (Å²) in [7, 11) is 0. The summed E-state index contributed by atoms with van der Waals surface area (Å²) in [5.74, 6) is 0.824. The third kappa shape index (κ3) is 3.48. The van der Waals surface area contributed by atoms with Crippen molar-refractivity contribution in [3.8, 4) is 0 Å². The molecule has 0 bridgehead atoms. The summed E-state index contributed by atoms with van der Waals surface area (Å²) < 4.78 is 5.12. The van der Waals surface area contributed by atoms with Gasteiger partial charge in [0.05, 0.1) is 0 Å². The van der Waals surface area contributed by atoms with Crippen LogP contribution in [0, 0.1) is 0 Å². The van der Waals surface area contributed by atoms with Gasteiger partial charge in [0.1, 0.15) is 11.8 Å². The molecular weight excluding hydrogens is 306 g/mol. The van der Waals surface area contributed by atoms with Gasteiger partial charge in [-0.2, -0.15) is 0 Å². The van der Waals surface area contributed by atoms with Crippen LogP contribution in [0.5, 0.6) is 0 Å². The van der Waals surface area contributed by atoms with E-state index in [-0.39, 0.29) is 11.8 Å². The summed E-state index contributed by atoms with van der Waals surface area (Å²) in [4.78, 5) is 26.9. The smallest absolute Gasteiger partial charge is 0.253 e. The molecule has 1 N–H and O–H groups in total. The highest BCUT2D eigenvalue weighted by atomic mass is 16.5. The Morgan fingerprint density at radius 3 is 2.79 bits per heavy atom. The fourth-order valence-corrected chi connectivity index (χ4v) is 2.94. The van der Waals surface area contributed by atoms with Crippen molar-refractivity contribution in [2.24, 2.45) is 0 Å². The van der Waals surface area contributed by atoms with E-state index in [4.69, 9.17) is 4.52 Å².